The number of nitrogens with zero attached hydrogens (tertiary/aromatic N) is 1. The maximum atomic E-state index is 10.7. The number of nitro groups is 1. The molecule has 1 heterocycles. The van der Waals surface area contributed by atoms with Crippen molar-refractivity contribution < 1.29 is 14.4 Å². The first-order chi connectivity index (χ1) is 9.41. The Kier molecular flexibility index (Phi) is 4.65. The van der Waals surface area contributed by atoms with Crippen molar-refractivity contribution in [1.82, 2.24) is 0 Å². The van der Waals surface area contributed by atoms with Crippen molar-refractivity contribution in [2.45, 2.75) is 43.7 Å². The van der Waals surface area contributed by atoms with E-state index in [4.69, 9.17) is 9.47 Å². The molecule has 0 N–H and O–H groups in total. The molecule has 1 aliphatic rings. The predicted molar refractivity (Wildman–Crippen MR) is 79.4 cm³/mol. The Hall–Kier alpha value is -1.14. The lowest BCUT2D eigenvalue weighted by molar-refractivity contribution is -0.384. The summed E-state index contributed by atoms with van der Waals surface area (Å²) in [5.74, 6) is 0.667. The molecule has 0 radical (unpaired) electrons. The molecule has 5 nitrogen and oxygen atoms in total. The highest BCUT2D eigenvalue weighted by atomic mass is 79.9. The molecule has 0 amide bonds. The minimum atomic E-state index is -0.404. The Morgan fingerprint density at radius 1 is 1.55 bits per heavy atom. The molecular weight excluding hydrogens is 326 g/mol. The highest BCUT2D eigenvalue weighted by Gasteiger charge is 2.32. The van der Waals surface area contributed by atoms with Gasteiger partial charge < -0.3 is 9.47 Å². The number of hydrogen-bond donors (Lipinski definition) is 0. The van der Waals surface area contributed by atoms with Gasteiger partial charge in [-0.2, -0.15) is 0 Å². The van der Waals surface area contributed by atoms with Crippen LogP contribution in [0.15, 0.2) is 18.2 Å². The third-order valence-corrected chi connectivity index (χ3v) is 3.98. The van der Waals surface area contributed by atoms with Gasteiger partial charge in [-0.05, 0) is 32.8 Å². The maximum Gasteiger partial charge on any atom is 0.270 e. The quantitative estimate of drug-likeness (QED) is 0.463. The van der Waals surface area contributed by atoms with Gasteiger partial charge in [-0.1, -0.05) is 15.9 Å². The first-order valence-corrected chi connectivity index (χ1v) is 7.67. The van der Waals surface area contributed by atoms with Gasteiger partial charge in [0.25, 0.3) is 5.69 Å². The van der Waals surface area contributed by atoms with Crippen LogP contribution in [0, 0.1) is 10.1 Å². The van der Waals surface area contributed by atoms with Crippen LogP contribution in [0.5, 0.6) is 5.75 Å². The molecule has 1 unspecified atom stereocenters. The van der Waals surface area contributed by atoms with E-state index in [2.05, 4.69) is 29.8 Å². The summed E-state index contributed by atoms with van der Waals surface area (Å²) in [5.41, 5.74) is 0.767. The summed E-state index contributed by atoms with van der Waals surface area (Å²) in [4.78, 5) is 10.3. The van der Waals surface area contributed by atoms with Crippen molar-refractivity contribution in [2.24, 2.45) is 0 Å². The van der Waals surface area contributed by atoms with Crippen molar-refractivity contribution in [3.8, 4) is 5.75 Å². The number of nitro benzene ring substituents is 1. The lowest BCUT2D eigenvalue weighted by atomic mass is 10.1. The topological polar surface area (TPSA) is 61.6 Å². The summed E-state index contributed by atoms with van der Waals surface area (Å²) in [6.07, 6.45) is 2.08. The van der Waals surface area contributed by atoms with Crippen LogP contribution in [-0.4, -0.2) is 23.2 Å². The van der Waals surface area contributed by atoms with Crippen molar-refractivity contribution >= 4 is 21.6 Å². The second kappa shape index (κ2) is 6.10. The fourth-order valence-corrected chi connectivity index (χ4v) is 2.74. The molecule has 110 valence electrons. The van der Waals surface area contributed by atoms with Gasteiger partial charge >= 0.3 is 0 Å². The van der Waals surface area contributed by atoms with Crippen LogP contribution >= 0.6 is 15.9 Å². The average molecular weight is 344 g/mol. The van der Waals surface area contributed by atoms with Crippen molar-refractivity contribution in [3.63, 3.8) is 0 Å². The Morgan fingerprint density at radius 3 is 2.85 bits per heavy atom. The summed E-state index contributed by atoms with van der Waals surface area (Å²) in [5, 5.41) is 11.3. The van der Waals surface area contributed by atoms with Gasteiger partial charge in [0.15, 0.2) is 0 Å². The van der Waals surface area contributed by atoms with Gasteiger partial charge in [0.2, 0.25) is 0 Å². The SMILES string of the molecule is CC1(C)CCC(COc2ccc([N+](=O)[O-])cc2CBr)O1. The maximum absolute atomic E-state index is 10.7. The molecular formula is C14H18BrNO4. The van der Waals surface area contributed by atoms with Gasteiger partial charge in [0.1, 0.15) is 12.4 Å². The normalized spacial score (nSPS) is 20.9. The van der Waals surface area contributed by atoms with Gasteiger partial charge in [0, 0.05) is 23.0 Å². The molecule has 20 heavy (non-hydrogen) atoms. The number of hydrogen-bond acceptors (Lipinski definition) is 4. The standard InChI is InChI=1S/C14H18BrNO4/c1-14(2)6-5-12(20-14)9-19-13-4-3-11(16(17)18)7-10(13)8-15/h3-4,7,12H,5-6,8-9H2,1-2H3. The fourth-order valence-electron chi connectivity index (χ4n) is 2.30. The fraction of sp³-hybridized carbons (Fsp3) is 0.571. The minimum absolute atomic E-state index is 0.0741. The van der Waals surface area contributed by atoms with Gasteiger partial charge in [0.05, 0.1) is 16.6 Å². The van der Waals surface area contributed by atoms with E-state index in [0.717, 1.165) is 18.4 Å². The van der Waals surface area contributed by atoms with Crippen LogP contribution in [0.2, 0.25) is 0 Å². The molecule has 0 bridgehead atoms. The van der Waals surface area contributed by atoms with E-state index in [9.17, 15) is 10.1 Å². The number of ether oxygens (including phenoxy) is 2. The average Bonchev–Trinajstić information content (AvgIpc) is 2.75. The lowest BCUT2D eigenvalue weighted by Gasteiger charge is -2.20. The number of halogens is 1. The third kappa shape index (κ3) is 3.70. The predicted octanol–water partition coefficient (Wildman–Crippen LogP) is 3.83. The van der Waals surface area contributed by atoms with Crippen molar-refractivity contribution in [1.29, 1.82) is 0 Å². The molecule has 1 aliphatic heterocycles. The Bertz CT molecular complexity index is 504. The zero-order chi connectivity index (χ0) is 14.8. The van der Waals surface area contributed by atoms with Crippen LogP contribution in [0.25, 0.3) is 0 Å². The highest BCUT2D eigenvalue weighted by Crippen LogP contribution is 2.31. The Morgan fingerprint density at radius 2 is 2.30 bits per heavy atom. The summed E-state index contributed by atoms with van der Waals surface area (Å²) >= 11 is 3.33. The molecule has 1 atom stereocenters. The first kappa shape index (κ1) is 15.3. The molecule has 0 aliphatic carbocycles. The number of rotatable bonds is 5. The van der Waals surface area contributed by atoms with E-state index in [0.29, 0.717) is 17.7 Å². The van der Waals surface area contributed by atoms with Crippen LogP contribution in [0.4, 0.5) is 5.69 Å². The second-order valence-corrected chi connectivity index (χ2v) is 6.09. The zero-order valence-corrected chi connectivity index (χ0v) is 13.2. The molecule has 0 saturated carbocycles. The van der Waals surface area contributed by atoms with E-state index < -0.39 is 4.92 Å². The molecule has 1 saturated heterocycles. The molecule has 6 heteroatoms. The Balaban J connectivity index is 2.01. The van der Waals surface area contributed by atoms with E-state index in [-0.39, 0.29) is 17.4 Å². The number of benzene rings is 1. The summed E-state index contributed by atoms with van der Waals surface area (Å²) < 4.78 is 11.6. The number of non-ortho nitro benzene ring substituents is 1. The molecule has 0 aromatic heterocycles. The molecule has 1 fully saturated rings. The molecule has 2 rings (SSSR count). The van der Waals surface area contributed by atoms with Gasteiger partial charge in [-0.3, -0.25) is 10.1 Å². The van der Waals surface area contributed by atoms with Crippen LogP contribution in [0.3, 0.4) is 0 Å². The second-order valence-electron chi connectivity index (χ2n) is 5.53. The highest BCUT2D eigenvalue weighted by molar-refractivity contribution is 9.08. The van der Waals surface area contributed by atoms with Crippen molar-refractivity contribution in [3.05, 3.63) is 33.9 Å². The van der Waals surface area contributed by atoms with Crippen molar-refractivity contribution in [2.75, 3.05) is 6.61 Å². The van der Waals surface area contributed by atoms with E-state index in [1.54, 1.807) is 6.07 Å². The van der Waals surface area contributed by atoms with E-state index in [1.165, 1.54) is 12.1 Å². The van der Waals surface area contributed by atoms with Gasteiger partial charge in [-0.15, -0.1) is 0 Å². The zero-order valence-electron chi connectivity index (χ0n) is 11.6. The first-order valence-electron chi connectivity index (χ1n) is 6.55. The van der Waals surface area contributed by atoms with Gasteiger partial charge in [-0.25, -0.2) is 0 Å². The smallest absolute Gasteiger partial charge is 0.270 e. The third-order valence-electron chi connectivity index (χ3n) is 3.38. The molecule has 0 spiro atoms. The monoisotopic (exact) mass is 343 g/mol. The minimum Gasteiger partial charge on any atom is -0.491 e. The van der Waals surface area contributed by atoms with E-state index in [1.807, 2.05) is 0 Å². The van der Waals surface area contributed by atoms with Crippen LogP contribution in [0.1, 0.15) is 32.3 Å². The number of alkyl halides is 1. The molecule has 1 aromatic carbocycles. The summed E-state index contributed by atoms with van der Waals surface area (Å²) in [6, 6.07) is 4.64. The largest absolute Gasteiger partial charge is 0.491 e. The Labute approximate surface area is 126 Å². The van der Waals surface area contributed by atoms with E-state index >= 15 is 0 Å². The molecule has 1 aromatic rings. The van der Waals surface area contributed by atoms with Crippen LogP contribution < -0.4 is 4.74 Å². The summed E-state index contributed by atoms with van der Waals surface area (Å²) in [7, 11) is 0. The lowest BCUT2D eigenvalue weighted by Crippen LogP contribution is -2.24. The van der Waals surface area contributed by atoms with Crippen LogP contribution in [-0.2, 0) is 10.1 Å². The summed E-state index contributed by atoms with van der Waals surface area (Å²) in [6.45, 7) is 4.62.